The maximum Gasteiger partial charge on any atom is 0.202 e. The molecule has 0 aliphatic heterocycles. The van der Waals surface area contributed by atoms with Crippen LogP contribution in [-0.4, -0.2) is 11.9 Å². The van der Waals surface area contributed by atoms with E-state index in [9.17, 15) is 13.6 Å². The Labute approximate surface area is 116 Å². The summed E-state index contributed by atoms with van der Waals surface area (Å²) in [6.07, 6.45) is -0.732. The summed E-state index contributed by atoms with van der Waals surface area (Å²) < 4.78 is 31.3. The summed E-state index contributed by atoms with van der Waals surface area (Å²) in [5, 5.41) is 0. The number of rotatable bonds is 4. The van der Waals surface area contributed by atoms with Crippen LogP contribution in [0.1, 0.15) is 22.8 Å². The van der Waals surface area contributed by atoms with Crippen molar-refractivity contribution in [3.05, 3.63) is 65.2 Å². The summed E-state index contributed by atoms with van der Waals surface area (Å²) in [6.45, 7) is 3.31. The highest BCUT2D eigenvalue weighted by atomic mass is 19.1. The van der Waals surface area contributed by atoms with Gasteiger partial charge in [-0.3, -0.25) is 4.79 Å². The highest BCUT2D eigenvalue weighted by molar-refractivity contribution is 5.99. The normalized spacial score (nSPS) is 12.0. The Morgan fingerprint density at radius 2 is 1.65 bits per heavy atom. The van der Waals surface area contributed by atoms with E-state index in [1.54, 1.807) is 13.8 Å². The molecule has 0 fully saturated rings. The van der Waals surface area contributed by atoms with Gasteiger partial charge in [0, 0.05) is 5.56 Å². The second-order valence-corrected chi connectivity index (χ2v) is 4.54. The first-order valence-electron chi connectivity index (χ1n) is 6.20. The van der Waals surface area contributed by atoms with E-state index in [-0.39, 0.29) is 11.6 Å². The number of Topliss-reactive ketones (excluding diaryl/α,β-unsaturated/α-hetero) is 1. The van der Waals surface area contributed by atoms with Crippen LogP contribution in [0.5, 0.6) is 5.75 Å². The zero-order valence-corrected chi connectivity index (χ0v) is 11.2. The molecule has 0 amide bonds. The van der Waals surface area contributed by atoms with Gasteiger partial charge in [0.05, 0.1) is 0 Å². The summed E-state index contributed by atoms with van der Waals surface area (Å²) in [4.78, 5) is 12.1. The summed E-state index contributed by atoms with van der Waals surface area (Å²) in [5.74, 6) is -0.556. The lowest BCUT2D eigenvalue weighted by molar-refractivity contribution is 0.0817. The van der Waals surface area contributed by atoms with Crippen LogP contribution < -0.4 is 4.74 Å². The smallest absolute Gasteiger partial charge is 0.202 e. The molecule has 104 valence electrons. The predicted molar refractivity (Wildman–Crippen MR) is 72.0 cm³/mol. The Bertz CT molecular complexity index is 621. The molecule has 2 nitrogen and oxygen atoms in total. The zero-order chi connectivity index (χ0) is 14.7. The van der Waals surface area contributed by atoms with Crippen molar-refractivity contribution in [2.45, 2.75) is 20.0 Å². The molecular formula is C16H14F2O2. The topological polar surface area (TPSA) is 26.3 Å². The fourth-order valence-electron chi connectivity index (χ4n) is 1.84. The first-order chi connectivity index (χ1) is 9.47. The van der Waals surface area contributed by atoms with Crippen LogP contribution in [-0.2, 0) is 0 Å². The molecule has 4 heteroatoms. The molecule has 0 aliphatic carbocycles. The average Bonchev–Trinajstić information content (AvgIpc) is 2.42. The third-order valence-electron chi connectivity index (χ3n) is 2.94. The highest BCUT2D eigenvalue weighted by Crippen LogP contribution is 2.21. The highest BCUT2D eigenvalue weighted by Gasteiger charge is 2.17. The number of ether oxygens (including phenoxy) is 1. The third-order valence-corrected chi connectivity index (χ3v) is 2.94. The Balaban J connectivity index is 2.13. The minimum Gasteiger partial charge on any atom is -0.482 e. The average molecular weight is 276 g/mol. The maximum absolute atomic E-state index is 13.0. The van der Waals surface area contributed by atoms with Gasteiger partial charge in [0.1, 0.15) is 17.4 Å². The van der Waals surface area contributed by atoms with E-state index >= 15 is 0 Å². The van der Waals surface area contributed by atoms with Crippen molar-refractivity contribution in [2.24, 2.45) is 0 Å². The number of carbonyl (C=O) groups is 1. The van der Waals surface area contributed by atoms with Gasteiger partial charge in [-0.05, 0) is 61.9 Å². The van der Waals surface area contributed by atoms with E-state index in [2.05, 4.69) is 0 Å². The quantitative estimate of drug-likeness (QED) is 0.791. The van der Waals surface area contributed by atoms with E-state index in [1.807, 2.05) is 0 Å². The molecule has 2 rings (SSSR count). The van der Waals surface area contributed by atoms with Crippen molar-refractivity contribution in [1.82, 2.24) is 0 Å². The molecule has 0 saturated carbocycles. The minimum absolute atomic E-state index is 0.256. The maximum atomic E-state index is 13.0. The predicted octanol–water partition coefficient (Wildman–Crippen LogP) is 3.92. The lowest BCUT2D eigenvalue weighted by atomic mass is 10.1. The van der Waals surface area contributed by atoms with Crippen molar-refractivity contribution < 1.29 is 18.3 Å². The number of benzene rings is 2. The fourth-order valence-corrected chi connectivity index (χ4v) is 1.84. The third kappa shape index (κ3) is 3.20. The van der Waals surface area contributed by atoms with Crippen LogP contribution in [0.4, 0.5) is 8.78 Å². The molecule has 2 aromatic rings. The molecule has 1 atom stereocenters. The summed E-state index contributed by atoms with van der Waals surface area (Å²) in [7, 11) is 0. The van der Waals surface area contributed by atoms with Crippen LogP contribution >= 0.6 is 0 Å². The van der Waals surface area contributed by atoms with Gasteiger partial charge in [-0.25, -0.2) is 8.78 Å². The Morgan fingerprint density at radius 3 is 2.25 bits per heavy atom. The number of hydrogen-bond donors (Lipinski definition) is 0. The van der Waals surface area contributed by atoms with E-state index in [0.717, 1.165) is 0 Å². The number of ketones is 1. The van der Waals surface area contributed by atoms with E-state index < -0.39 is 11.9 Å². The Hall–Kier alpha value is -2.23. The molecule has 0 spiro atoms. The Morgan fingerprint density at radius 1 is 1.05 bits per heavy atom. The van der Waals surface area contributed by atoms with Crippen molar-refractivity contribution in [1.29, 1.82) is 0 Å². The van der Waals surface area contributed by atoms with Crippen LogP contribution in [0, 0.1) is 18.6 Å². The standard InChI is InChI=1S/C16H14F2O2/c1-10-9-14(18)7-8-15(10)20-11(2)16(19)12-3-5-13(17)6-4-12/h3-9,11H,1-2H3. The van der Waals surface area contributed by atoms with Gasteiger partial charge in [-0.1, -0.05) is 0 Å². The lowest BCUT2D eigenvalue weighted by Gasteiger charge is -2.15. The van der Waals surface area contributed by atoms with Gasteiger partial charge < -0.3 is 4.74 Å². The van der Waals surface area contributed by atoms with Crippen LogP contribution in [0.3, 0.4) is 0 Å². The van der Waals surface area contributed by atoms with E-state index in [1.165, 1.54) is 42.5 Å². The molecular weight excluding hydrogens is 262 g/mol. The Kier molecular flexibility index (Phi) is 4.13. The van der Waals surface area contributed by atoms with E-state index in [0.29, 0.717) is 16.9 Å². The molecule has 0 aromatic heterocycles. The summed E-state index contributed by atoms with van der Waals surface area (Å²) >= 11 is 0. The number of carbonyl (C=O) groups excluding carboxylic acids is 1. The molecule has 0 aliphatic rings. The molecule has 0 N–H and O–H groups in total. The fraction of sp³-hybridized carbons (Fsp3) is 0.188. The first kappa shape index (κ1) is 14.2. The van der Waals surface area contributed by atoms with Gasteiger partial charge in [-0.2, -0.15) is 0 Å². The molecule has 2 aromatic carbocycles. The minimum atomic E-state index is -0.732. The second kappa shape index (κ2) is 5.82. The number of aryl methyl sites for hydroxylation is 1. The molecule has 0 bridgehead atoms. The molecule has 0 radical (unpaired) electrons. The zero-order valence-electron chi connectivity index (χ0n) is 11.2. The van der Waals surface area contributed by atoms with Crippen LogP contribution in [0.15, 0.2) is 42.5 Å². The number of hydrogen-bond acceptors (Lipinski definition) is 2. The molecule has 0 saturated heterocycles. The van der Waals surface area contributed by atoms with Crippen LogP contribution in [0.25, 0.3) is 0 Å². The first-order valence-corrected chi connectivity index (χ1v) is 6.20. The largest absolute Gasteiger partial charge is 0.482 e. The van der Waals surface area contributed by atoms with Crippen molar-refractivity contribution >= 4 is 5.78 Å². The molecule has 0 heterocycles. The van der Waals surface area contributed by atoms with Crippen LogP contribution in [0.2, 0.25) is 0 Å². The van der Waals surface area contributed by atoms with E-state index in [4.69, 9.17) is 4.74 Å². The van der Waals surface area contributed by atoms with Gasteiger partial charge in [0.25, 0.3) is 0 Å². The number of halogens is 2. The SMILES string of the molecule is Cc1cc(F)ccc1OC(C)C(=O)c1ccc(F)cc1. The van der Waals surface area contributed by atoms with Crippen molar-refractivity contribution in [3.63, 3.8) is 0 Å². The summed E-state index contributed by atoms with van der Waals surface area (Å²) in [6, 6.07) is 9.37. The van der Waals surface area contributed by atoms with Crippen molar-refractivity contribution in [3.8, 4) is 5.75 Å². The van der Waals surface area contributed by atoms with Gasteiger partial charge in [0.15, 0.2) is 6.10 Å². The van der Waals surface area contributed by atoms with Crippen molar-refractivity contribution in [2.75, 3.05) is 0 Å². The van der Waals surface area contributed by atoms with Gasteiger partial charge >= 0.3 is 0 Å². The molecule has 1 unspecified atom stereocenters. The summed E-state index contributed by atoms with van der Waals surface area (Å²) in [5.41, 5.74) is 0.988. The lowest BCUT2D eigenvalue weighted by Crippen LogP contribution is -2.24. The molecule has 20 heavy (non-hydrogen) atoms. The van der Waals surface area contributed by atoms with Gasteiger partial charge in [0.2, 0.25) is 5.78 Å². The monoisotopic (exact) mass is 276 g/mol. The van der Waals surface area contributed by atoms with Gasteiger partial charge in [-0.15, -0.1) is 0 Å². The second-order valence-electron chi connectivity index (χ2n) is 4.54.